The number of amides is 2. The highest BCUT2D eigenvalue weighted by Crippen LogP contribution is 2.40. The number of ether oxygens (including phenoxy) is 1. The van der Waals surface area contributed by atoms with Crippen LogP contribution >= 0.6 is 24.0 Å². The molecule has 0 aliphatic heterocycles. The van der Waals surface area contributed by atoms with Gasteiger partial charge in [0, 0.05) is 45.1 Å². The lowest BCUT2D eigenvalue weighted by Crippen LogP contribution is -2.43. The topological polar surface area (TPSA) is 86.8 Å². The number of rotatable bonds is 10. The van der Waals surface area contributed by atoms with Crippen LogP contribution in [0.5, 0.6) is 0 Å². The van der Waals surface area contributed by atoms with Crippen LogP contribution in [0.2, 0.25) is 0 Å². The average molecular weight is 546 g/mol. The Morgan fingerprint density at radius 1 is 1.16 bits per heavy atom. The minimum Gasteiger partial charge on any atom is -0.382 e. The summed E-state index contributed by atoms with van der Waals surface area (Å²) in [5.74, 6) is 0.816. The van der Waals surface area contributed by atoms with Gasteiger partial charge in [-0.25, -0.2) is 4.79 Å². The van der Waals surface area contributed by atoms with Gasteiger partial charge in [0.15, 0.2) is 5.96 Å². The van der Waals surface area contributed by atoms with Crippen LogP contribution in [0.3, 0.4) is 0 Å². The maximum Gasteiger partial charge on any atom is 0.319 e. The van der Waals surface area contributed by atoms with E-state index in [0.29, 0.717) is 12.0 Å². The number of aliphatic imine (C=N–C) groups is 1. The highest BCUT2D eigenvalue weighted by atomic mass is 127. The quantitative estimate of drug-likeness (QED) is 0.151. The van der Waals surface area contributed by atoms with Gasteiger partial charge >= 0.3 is 6.03 Å². The van der Waals surface area contributed by atoms with Crippen LogP contribution in [-0.2, 0) is 11.3 Å². The van der Waals surface area contributed by atoms with E-state index in [0.717, 1.165) is 43.4 Å². The van der Waals surface area contributed by atoms with Crippen LogP contribution in [0.15, 0.2) is 29.3 Å². The molecule has 0 aromatic heterocycles. The molecule has 176 valence electrons. The van der Waals surface area contributed by atoms with Gasteiger partial charge in [0.05, 0.1) is 0 Å². The van der Waals surface area contributed by atoms with Gasteiger partial charge in [-0.15, -0.1) is 24.0 Å². The van der Waals surface area contributed by atoms with E-state index in [1.54, 1.807) is 7.05 Å². The molecular formula is C23H40IN5O2. The van der Waals surface area contributed by atoms with Gasteiger partial charge in [-0.3, -0.25) is 4.99 Å². The fraction of sp³-hybridized carbons (Fsp3) is 0.652. The highest BCUT2D eigenvalue weighted by molar-refractivity contribution is 14.0. The monoisotopic (exact) mass is 545 g/mol. The molecule has 31 heavy (non-hydrogen) atoms. The summed E-state index contributed by atoms with van der Waals surface area (Å²) in [6.45, 7) is 9.13. The average Bonchev–Trinajstić information content (AvgIpc) is 3.18. The van der Waals surface area contributed by atoms with E-state index >= 15 is 0 Å². The fourth-order valence-electron chi connectivity index (χ4n) is 3.89. The first-order valence-electron chi connectivity index (χ1n) is 11.1. The zero-order valence-corrected chi connectivity index (χ0v) is 21.8. The summed E-state index contributed by atoms with van der Waals surface area (Å²) in [5.41, 5.74) is 2.22. The Morgan fingerprint density at radius 2 is 1.84 bits per heavy atom. The summed E-state index contributed by atoms with van der Waals surface area (Å²) in [7, 11) is 1.80. The number of carbonyl (C=O) groups excluding carboxylic acids is 1. The molecule has 0 atom stereocenters. The number of guanidine groups is 1. The number of carbonyl (C=O) groups is 1. The molecular weight excluding hydrogens is 505 g/mol. The zero-order valence-electron chi connectivity index (χ0n) is 19.4. The van der Waals surface area contributed by atoms with Crippen molar-refractivity contribution in [1.29, 1.82) is 0 Å². The molecule has 0 saturated heterocycles. The summed E-state index contributed by atoms with van der Waals surface area (Å²) >= 11 is 0. The predicted octanol–water partition coefficient (Wildman–Crippen LogP) is 4.49. The van der Waals surface area contributed by atoms with Gasteiger partial charge in [0.25, 0.3) is 0 Å². The molecule has 0 spiro atoms. The van der Waals surface area contributed by atoms with E-state index in [-0.39, 0.29) is 36.0 Å². The Kier molecular flexibility index (Phi) is 12.9. The Labute approximate surface area is 204 Å². The summed E-state index contributed by atoms with van der Waals surface area (Å²) in [4.78, 5) is 16.2. The van der Waals surface area contributed by atoms with Gasteiger partial charge in [-0.2, -0.15) is 0 Å². The first-order chi connectivity index (χ1) is 14.5. The highest BCUT2D eigenvalue weighted by Gasteiger charge is 2.33. The maximum atomic E-state index is 11.8. The van der Waals surface area contributed by atoms with Crippen molar-refractivity contribution in [3.63, 3.8) is 0 Å². The van der Waals surface area contributed by atoms with E-state index in [1.807, 2.05) is 45.0 Å². The molecule has 1 aliphatic carbocycles. The first-order valence-corrected chi connectivity index (χ1v) is 11.1. The van der Waals surface area contributed by atoms with E-state index < -0.39 is 0 Å². The molecule has 0 unspecified atom stereocenters. The van der Waals surface area contributed by atoms with Crippen LogP contribution in [0.25, 0.3) is 0 Å². The smallest absolute Gasteiger partial charge is 0.319 e. The predicted molar refractivity (Wildman–Crippen MR) is 139 cm³/mol. The zero-order chi connectivity index (χ0) is 21.8. The lowest BCUT2D eigenvalue weighted by molar-refractivity contribution is 0.105. The Morgan fingerprint density at radius 3 is 2.42 bits per heavy atom. The number of nitrogens with one attached hydrogen (secondary N) is 4. The molecule has 2 rings (SSSR count). The number of benzene rings is 1. The van der Waals surface area contributed by atoms with Crippen LogP contribution in [0.4, 0.5) is 10.5 Å². The molecule has 1 aliphatic rings. The molecule has 4 N–H and O–H groups in total. The number of halogens is 1. The Hall–Kier alpha value is -1.55. The third-order valence-corrected chi connectivity index (χ3v) is 5.59. The van der Waals surface area contributed by atoms with Crippen molar-refractivity contribution in [1.82, 2.24) is 16.0 Å². The molecule has 1 aromatic rings. The number of urea groups is 1. The van der Waals surface area contributed by atoms with E-state index in [1.165, 1.54) is 25.7 Å². The standard InChI is InChI=1S/C23H39N5O2.HI/c1-5-30-15-14-23(12-6-7-13-23)17-26-21(24-4)25-16-19-8-10-20(11-9-19)28-22(29)27-18(2)3;/h8-11,18H,5-7,12-17H2,1-4H3,(H2,24,25,26)(H2,27,28,29);1H. The fourth-order valence-corrected chi connectivity index (χ4v) is 3.89. The molecule has 2 amide bonds. The van der Waals surface area contributed by atoms with Crippen molar-refractivity contribution in [3.8, 4) is 0 Å². The molecule has 1 fully saturated rings. The minimum absolute atomic E-state index is 0. The molecule has 1 saturated carbocycles. The Balaban J connectivity index is 0.00000480. The van der Waals surface area contributed by atoms with E-state index in [9.17, 15) is 4.79 Å². The lowest BCUT2D eigenvalue weighted by Gasteiger charge is -2.30. The van der Waals surface area contributed by atoms with Gasteiger partial charge in [0.1, 0.15) is 0 Å². The van der Waals surface area contributed by atoms with Crippen molar-refractivity contribution in [3.05, 3.63) is 29.8 Å². The van der Waals surface area contributed by atoms with Gasteiger partial charge in [0.2, 0.25) is 0 Å². The summed E-state index contributed by atoms with van der Waals surface area (Å²) < 4.78 is 5.61. The normalized spacial score (nSPS) is 15.3. The SMILES string of the molecule is CCOCCC1(CNC(=NC)NCc2ccc(NC(=O)NC(C)C)cc2)CCCC1.I. The first kappa shape index (κ1) is 27.5. The van der Waals surface area contributed by atoms with E-state index in [2.05, 4.69) is 26.3 Å². The number of anilines is 1. The molecule has 7 nitrogen and oxygen atoms in total. The molecule has 0 radical (unpaired) electrons. The minimum atomic E-state index is -0.189. The van der Waals surface area contributed by atoms with Crippen LogP contribution in [0, 0.1) is 5.41 Å². The summed E-state index contributed by atoms with van der Waals surface area (Å²) in [6.07, 6.45) is 6.21. The second-order valence-electron chi connectivity index (χ2n) is 8.38. The second kappa shape index (κ2) is 14.5. The summed E-state index contributed by atoms with van der Waals surface area (Å²) in [5, 5.41) is 12.6. The molecule has 8 heteroatoms. The second-order valence-corrected chi connectivity index (χ2v) is 8.38. The van der Waals surface area contributed by atoms with Crippen molar-refractivity contribution in [2.45, 2.75) is 65.5 Å². The third kappa shape index (κ3) is 10.1. The Bertz CT molecular complexity index is 673. The van der Waals surface area contributed by atoms with Crippen LogP contribution in [0.1, 0.15) is 58.4 Å². The van der Waals surface area contributed by atoms with Crippen molar-refractivity contribution >= 4 is 41.7 Å². The molecule has 0 heterocycles. The lowest BCUT2D eigenvalue weighted by atomic mass is 9.83. The van der Waals surface area contributed by atoms with Gasteiger partial charge in [-0.1, -0.05) is 25.0 Å². The number of hydrogen-bond donors (Lipinski definition) is 4. The van der Waals surface area contributed by atoms with E-state index in [4.69, 9.17) is 4.74 Å². The summed E-state index contributed by atoms with van der Waals surface area (Å²) in [6, 6.07) is 7.75. The molecule has 1 aromatic carbocycles. The molecule has 0 bridgehead atoms. The van der Waals surface area contributed by atoms with Crippen LogP contribution < -0.4 is 21.3 Å². The largest absolute Gasteiger partial charge is 0.382 e. The number of hydrogen-bond acceptors (Lipinski definition) is 3. The van der Waals surface area contributed by atoms with Gasteiger partial charge in [-0.05, 0) is 63.1 Å². The van der Waals surface area contributed by atoms with Gasteiger partial charge < -0.3 is 26.0 Å². The van der Waals surface area contributed by atoms with Crippen molar-refractivity contribution < 1.29 is 9.53 Å². The number of nitrogens with zero attached hydrogens (tertiary/aromatic N) is 1. The van der Waals surface area contributed by atoms with Crippen molar-refractivity contribution in [2.75, 3.05) is 32.1 Å². The van der Waals surface area contributed by atoms with Crippen LogP contribution in [-0.4, -0.2) is 44.8 Å². The third-order valence-electron chi connectivity index (χ3n) is 5.59. The van der Waals surface area contributed by atoms with Crippen molar-refractivity contribution in [2.24, 2.45) is 10.4 Å². The maximum absolute atomic E-state index is 11.8.